The van der Waals surface area contributed by atoms with Gasteiger partial charge in [-0.3, -0.25) is 4.57 Å². The van der Waals surface area contributed by atoms with Crippen LogP contribution in [0.3, 0.4) is 0 Å². The number of methoxy groups -OCH3 is 1. The molecule has 4 rings (SSSR count). The van der Waals surface area contributed by atoms with Crippen molar-refractivity contribution in [1.82, 2.24) is 14.7 Å². The van der Waals surface area contributed by atoms with Crippen molar-refractivity contribution in [3.8, 4) is 17.1 Å². The van der Waals surface area contributed by atoms with Crippen molar-refractivity contribution in [1.29, 1.82) is 0 Å². The number of ether oxygens (including phenoxy) is 5. The van der Waals surface area contributed by atoms with Crippen molar-refractivity contribution in [3.63, 3.8) is 0 Å². The third-order valence-corrected chi connectivity index (χ3v) is 8.28. The van der Waals surface area contributed by atoms with Crippen molar-refractivity contribution in [2.45, 2.75) is 39.8 Å². The van der Waals surface area contributed by atoms with E-state index in [2.05, 4.69) is 14.9 Å². The van der Waals surface area contributed by atoms with E-state index in [0.717, 1.165) is 21.8 Å². The van der Waals surface area contributed by atoms with E-state index in [1.807, 2.05) is 60.0 Å². The van der Waals surface area contributed by atoms with Crippen LogP contribution < -0.4 is 16.3 Å². The number of rotatable bonds is 19. The summed E-state index contributed by atoms with van der Waals surface area (Å²) < 4.78 is 28.4. The molecule has 0 aliphatic rings. The van der Waals surface area contributed by atoms with Gasteiger partial charge in [0.15, 0.2) is 12.1 Å². The molecule has 0 fully saturated rings. The molecule has 0 saturated carbocycles. The van der Waals surface area contributed by atoms with E-state index in [9.17, 15) is 19.7 Å². The maximum absolute atomic E-state index is 13.1. The summed E-state index contributed by atoms with van der Waals surface area (Å²) >= 11 is 1.31. The van der Waals surface area contributed by atoms with Gasteiger partial charge in [0.2, 0.25) is 6.23 Å². The van der Waals surface area contributed by atoms with Gasteiger partial charge < -0.3 is 34.3 Å². The third kappa shape index (κ3) is 10.7. The Hall–Kier alpha value is -5.59. The Morgan fingerprint density at radius 1 is 1.02 bits per heavy atom. The molecule has 0 aliphatic carbocycles. The summed E-state index contributed by atoms with van der Waals surface area (Å²) in [5, 5.41) is 14.4. The highest BCUT2D eigenvalue weighted by Gasteiger charge is 2.22. The topological polar surface area (TPSA) is 218 Å². The second-order valence-corrected chi connectivity index (χ2v) is 12.1. The molecule has 0 aliphatic heterocycles. The van der Waals surface area contributed by atoms with E-state index < -0.39 is 29.7 Å². The molecule has 0 radical (unpaired) electrons. The molecule has 1 aromatic heterocycles. The van der Waals surface area contributed by atoms with Crippen LogP contribution in [0, 0.1) is 10.1 Å². The minimum absolute atomic E-state index is 0.0211. The summed E-state index contributed by atoms with van der Waals surface area (Å²) in [6, 6.07) is 20.7. The number of carbonyl (C=O) groups is 2. The predicted molar refractivity (Wildman–Crippen MR) is 193 cm³/mol. The van der Waals surface area contributed by atoms with E-state index in [4.69, 9.17) is 35.3 Å². The summed E-state index contributed by atoms with van der Waals surface area (Å²) in [6.45, 7) is 5.68. The number of hydrazine groups is 1. The number of amidine groups is 1. The van der Waals surface area contributed by atoms with Gasteiger partial charge >= 0.3 is 12.1 Å². The van der Waals surface area contributed by atoms with Crippen LogP contribution in [-0.2, 0) is 30.3 Å². The van der Waals surface area contributed by atoms with Gasteiger partial charge in [0.25, 0.3) is 11.1 Å². The maximum Gasteiger partial charge on any atom is 0.510 e. The molecule has 52 heavy (non-hydrogen) atoms. The second-order valence-electron chi connectivity index (χ2n) is 10.9. The highest BCUT2D eigenvalue weighted by molar-refractivity contribution is 7.99. The SMILES string of the molecule is CCOc1nc2cccc(C(=O)OC(C)OC)c2n1Cc1ccc(-c2ccccc2/C(N)=N/N(N)C(C)OC(=O)OCCSCCO[N+](=O)[O-])cc1. The first kappa shape index (κ1) is 39.2. The maximum atomic E-state index is 13.1. The van der Waals surface area contributed by atoms with E-state index in [-0.39, 0.29) is 19.0 Å². The number of esters is 1. The number of para-hydroxylation sites is 1. The van der Waals surface area contributed by atoms with Crippen molar-refractivity contribution < 1.29 is 43.2 Å². The van der Waals surface area contributed by atoms with Crippen LogP contribution in [0.15, 0.2) is 71.8 Å². The van der Waals surface area contributed by atoms with Gasteiger partial charge in [0.1, 0.15) is 13.2 Å². The van der Waals surface area contributed by atoms with E-state index in [1.165, 1.54) is 25.8 Å². The minimum Gasteiger partial charge on any atom is -0.465 e. The van der Waals surface area contributed by atoms with Crippen LogP contribution in [0.1, 0.15) is 42.3 Å². The Bertz CT molecular complexity index is 1850. The summed E-state index contributed by atoms with van der Waals surface area (Å²) in [6.07, 6.45) is -2.72. The number of hydrazone groups is 1. The van der Waals surface area contributed by atoms with Gasteiger partial charge in [0, 0.05) is 24.2 Å². The summed E-state index contributed by atoms with van der Waals surface area (Å²) in [4.78, 5) is 44.2. The highest BCUT2D eigenvalue weighted by Crippen LogP contribution is 2.29. The lowest BCUT2D eigenvalue weighted by molar-refractivity contribution is -0.756. The van der Waals surface area contributed by atoms with Crippen LogP contribution in [0.2, 0.25) is 0 Å². The lowest BCUT2D eigenvalue weighted by Crippen LogP contribution is -2.40. The van der Waals surface area contributed by atoms with E-state index >= 15 is 0 Å². The van der Waals surface area contributed by atoms with Crippen molar-refractivity contribution in [2.24, 2.45) is 16.7 Å². The lowest BCUT2D eigenvalue weighted by Gasteiger charge is -2.21. The number of thioether (sulfide) groups is 1. The number of imidazole rings is 1. The zero-order valence-corrected chi connectivity index (χ0v) is 29.9. The number of aromatic nitrogens is 2. The number of carbonyl (C=O) groups excluding carboxylic acids is 2. The predicted octanol–water partition coefficient (Wildman–Crippen LogP) is 4.54. The fourth-order valence-corrected chi connectivity index (χ4v) is 5.45. The number of benzene rings is 3. The summed E-state index contributed by atoms with van der Waals surface area (Å²) in [5.41, 5.74) is 11.0. The first-order chi connectivity index (χ1) is 25.0. The number of hydrogen-bond donors (Lipinski definition) is 2. The molecule has 0 amide bonds. The van der Waals surface area contributed by atoms with Crippen LogP contribution >= 0.6 is 11.8 Å². The molecule has 18 heteroatoms. The molecule has 2 atom stereocenters. The zero-order chi connectivity index (χ0) is 37.6. The number of nitrogens with zero attached hydrogens (tertiary/aromatic N) is 5. The molecule has 0 bridgehead atoms. The minimum atomic E-state index is -1.02. The molecular formula is C34H41N7O10S. The normalized spacial score (nSPS) is 12.5. The number of hydrogen-bond acceptors (Lipinski definition) is 15. The molecule has 1 heterocycles. The molecule has 3 aromatic carbocycles. The average molecular weight is 740 g/mol. The Morgan fingerprint density at radius 2 is 1.73 bits per heavy atom. The number of fused-ring (bicyclic) bond motifs is 1. The van der Waals surface area contributed by atoms with Crippen LogP contribution in [0.4, 0.5) is 4.79 Å². The molecule has 278 valence electrons. The Morgan fingerprint density at radius 3 is 2.44 bits per heavy atom. The van der Waals surface area contributed by atoms with E-state index in [0.29, 0.717) is 52.8 Å². The smallest absolute Gasteiger partial charge is 0.465 e. The third-order valence-electron chi connectivity index (χ3n) is 7.37. The largest absolute Gasteiger partial charge is 0.510 e. The van der Waals surface area contributed by atoms with Gasteiger partial charge in [-0.1, -0.05) is 54.6 Å². The Kier molecular flexibility index (Phi) is 14.4. The molecule has 4 aromatic rings. The van der Waals surface area contributed by atoms with Crippen LogP contribution in [0.5, 0.6) is 6.01 Å². The molecule has 17 nitrogen and oxygen atoms in total. The Balaban J connectivity index is 1.46. The molecule has 2 unspecified atom stereocenters. The first-order valence-electron chi connectivity index (χ1n) is 16.1. The molecular weight excluding hydrogens is 698 g/mol. The lowest BCUT2D eigenvalue weighted by atomic mass is 9.98. The summed E-state index contributed by atoms with van der Waals surface area (Å²) in [7, 11) is 1.46. The monoisotopic (exact) mass is 739 g/mol. The van der Waals surface area contributed by atoms with Gasteiger partial charge in [-0.15, -0.1) is 15.2 Å². The second kappa shape index (κ2) is 19.1. The zero-order valence-electron chi connectivity index (χ0n) is 29.1. The fraction of sp³-hybridized carbons (Fsp3) is 0.353. The summed E-state index contributed by atoms with van der Waals surface area (Å²) in [5.74, 6) is 6.34. The molecule has 0 saturated heterocycles. The van der Waals surface area contributed by atoms with Gasteiger partial charge in [-0.2, -0.15) is 21.9 Å². The van der Waals surface area contributed by atoms with Gasteiger partial charge in [0.05, 0.1) is 29.7 Å². The van der Waals surface area contributed by atoms with Gasteiger partial charge in [-0.05, 0) is 49.6 Å². The molecule has 4 N–H and O–H groups in total. The quantitative estimate of drug-likeness (QED) is 0.0197. The van der Waals surface area contributed by atoms with Gasteiger partial charge in [-0.25, -0.2) is 15.4 Å². The Labute approximate surface area is 303 Å². The van der Waals surface area contributed by atoms with E-state index in [1.54, 1.807) is 25.1 Å². The number of nitrogens with two attached hydrogens (primary N) is 2. The van der Waals surface area contributed by atoms with Crippen molar-refractivity contribution >= 4 is 40.8 Å². The molecule has 0 spiro atoms. The highest BCUT2D eigenvalue weighted by atomic mass is 32.2. The van der Waals surface area contributed by atoms with Crippen LogP contribution in [-0.4, -0.2) is 88.7 Å². The fourth-order valence-electron chi connectivity index (χ4n) is 4.85. The van der Waals surface area contributed by atoms with Crippen molar-refractivity contribution in [2.75, 3.05) is 38.4 Å². The van der Waals surface area contributed by atoms with Crippen molar-refractivity contribution in [3.05, 3.63) is 93.5 Å². The first-order valence-corrected chi connectivity index (χ1v) is 17.3. The van der Waals surface area contributed by atoms with Crippen LogP contribution in [0.25, 0.3) is 22.2 Å². The standard InChI is InChI=1S/C34H41N7O10S/c1-5-47-33-37-29-12-8-11-28(32(42)51-23(3)46-4)30(29)39(33)21-24-13-15-25(16-14-24)26-9-6-7-10-27(26)31(35)38-40(36)22(2)50-34(43)48-17-19-52-20-18-49-41(44)45/h6-16,22-23H,5,17-21,36H2,1-4H3,(H2,35,38). The average Bonchev–Trinajstić information content (AvgIpc) is 3.47.